The second-order valence-corrected chi connectivity index (χ2v) is 2.53. The van der Waals surface area contributed by atoms with Crippen LogP contribution in [-0.4, -0.2) is 12.1 Å². The van der Waals surface area contributed by atoms with Gasteiger partial charge in [-0.1, -0.05) is 30.3 Å². The summed E-state index contributed by atoms with van der Waals surface area (Å²) in [4.78, 5) is 10.0. The summed E-state index contributed by atoms with van der Waals surface area (Å²) in [6.07, 6.45) is 3.83. The minimum Gasteiger partial charge on any atom is -0.384 e. The van der Waals surface area contributed by atoms with Gasteiger partial charge in [-0.15, -0.1) is 0 Å². The Labute approximate surface area is 76.4 Å². The van der Waals surface area contributed by atoms with Gasteiger partial charge in [-0.3, -0.25) is 10.2 Å². The number of carbonyl (C=O) groups excluding carboxylic acids is 1. The van der Waals surface area contributed by atoms with E-state index in [4.69, 9.17) is 11.1 Å². The number of rotatable bonds is 3. The molecule has 0 unspecified atom stereocenters. The average Bonchev–Trinajstić information content (AvgIpc) is 2.15. The fraction of sp³-hybridized carbons (Fsp3) is 0. The Hall–Kier alpha value is -1.90. The van der Waals surface area contributed by atoms with Gasteiger partial charge in [-0.25, -0.2) is 0 Å². The van der Waals surface area contributed by atoms with Crippen molar-refractivity contribution in [3.05, 3.63) is 41.5 Å². The van der Waals surface area contributed by atoms with E-state index in [9.17, 15) is 4.79 Å². The molecule has 0 saturated heterocycles. The molecule has 13 heavy (non-hydrogen) atoms. The van der Waals surface area contributed by atoms with E-state index in [2.05, 4.69) is 0 Å². The highest BCUT2D eigenvalue weighted by molar-refractivity contribution is 5.95. The first-order chi connectivity index (χ1) is 6.24. The number of allylic oxidation sites excluding steroid dienone is 1. The molecule has 0 bridgehead atoms. The molecular formula is C10H10N2O. The van der Waals surface area contributed by atoms with Gasteiger partial charge in [0, 0.05) is 5.56 Å². The van der Waals surface area contributed by atoms with Crippen LogP contribution in [0, 0.1) is 5.41 Å². The normalized spacial score (nSPS) is 10.2. The van der Waals surface area contributed by atoms with Crippen molar-refractivity contribution in [1.29, 1.82) is 5.41 Å². The molecule has 3 heteroatoms. The van der Waals surface area contributed by atoms with Gasteiger partial charge < -0.3 is 5.73 Å². The molecule has 1 aromatic carbocycles. The van der Waals surface area contributed by atoms with Crippen LogP contribution >= 0.6 is 0 Å². The molecule has 0 radical (unpaired) electrons. The van der Waals surface area contributed by atoms with Gasteiger partial charge in [0.25, 0.3) is 0 Å². The summed E-state index contributed by atoms with van der Waals surface area (Å²) in [5.41, 5.74) is 6.87. The summed E-state index contributed by atoms with van der Waals surface area (Å²) >= 11 is 0. The van der Waals surface area contributed by atoms with Gasteiger partial charge in [-0.2, -0.15) is 0 Å². The summed E-state index contributed by atoms with van der Waals surface area (Å²) in [7, 11) is 0. The molecule has 0 heterocycles. The monoisotopic (exact) mass is 174 g/mol. The zero-order chi connectivity index (χ0) is 9.68. The zero-order valence-corrected chi connectivity index (χ0v) is 7.03. The van der Waals surface area contributed by atoms with Gasteiger partial charge in [-0.05, 0) is 11.6 Å². The Morgan fingerprint density at radius 3 is 2.38 bits per heavy atom. The van der Waals surface area contributed by atoms with Crippen LogP contribution in [-0.2, 0) is 4.79 Å². The summed E-state index contributed by atoms with van der Waals surface area (Å²) in [6.45, 7) is 0. The number of hydrogen-bond acceptors (Lipinski definition) is 2. The van der Waals surface area contributed by atoms with E-state index in [1.807, 2.05) is 0 Å². The highest BCUT2D eigenvalue weighted by Crippen LogP contribution is 2.04. The van der Waals surface area contributed by atoms with Gasteiger partial charge in [0.1, 0.15) is 12.1 Å². The minimum absolute atomic E-state index is 0.0471. The third-order valence-corrected chi connectivity index (χ3v) is 1.59. The van der Waals surface area contributed by atoms with E-state index < -0.39 is 0 Å². The number of benzene rings is 1. The van der Waals surface area contributed by atoms with Crippen molar-refractivity contribution in [3.8, 4) is 0 Å². The number of nitrogens with one attached hydrogen (secondary N) is 1. The van der Waals surface area contributed by atoms with Crippen molar-refractivity contribution in [3.63, 3.8) is 0 Å². The summed E-state index contributed by atoms with van der Waals surface area (Å²) in [5.74, 6) is 0.0471. The van der Waals surface area contributed by atoms with Crippen LogP contribution in [0.3, 0.4) is 0 Å². The van der Waals surface area contributed by atoms with Gasteiger partial charge in [0.2, 0.25) is 0 Å². The fourth-order valence-corrected chi connectivity index (χ4v) is 0.924. The van der Waals surface area contributed by atoms with Crippen LogP contribution in [0.25, 0.3) is 6.08 Å². The van der Waals surface area contributed by atoms with Crippen molar-refractivity contribution in [2.45, 2.75) is 0 Å². The maximum absolute atomic E-state index is 10.0. The average molecular weight is 174 g/mol. The van der Waals surface area contributed by atoms with Crippen molar-refractivity contribution < 1.29 is 4.79 Å². The molecule has 0 aromatic heterocycles. The number of nitrogens with two attached hydrogens (primary N) is 1. The molecule has 0 atom stereocenters. The predicted molar refractivity (Wildman–Crippen MR) is 52.6 cm³/mol. The molecule has 0 saturated carbocycles. The molecule has 3 N–H and O–H groups in total. The van der Waals surface area contributed by atoms with Gasteiger partial charge >= 0.3 is 0 Å². The van der Waals surface area contributed by atoms with Crippen LogP contribution in [0.2, 0.25) is 0 Å². The van der Waals surface area contributed by atoms with Crippen molar-refractivity contribution in [2.24, 2.45) is 5.73 Å². The lowest BCUT2D eigenvalue weighted by Gasteiger charge is -1.97. The summed E-state index contributed by atoms with van der Waals surface area (Å²) in [6, 6.07) is 7.09. The molecule has 0 aliphatic carbocycles. The molecule has 0 amide bonds. The van der Waals surface area contributed by atoms with Crippen molar-refractivity contribution >= 4 is 18.2 Å². The molecule has 3 nitrogen and oxygen atoms in total. The van der Waals surface area contributed by atoms with E-state index in [-0.39, 0.29) is 5.84 Å². The van der Waals surface area contributed by atoms with Crippen molar-refractivity contribution in [1.82, 2.24) is 0 Å². The fourth-order valence-electron chi connectivity index (χ4n) is 0.924. The van der Waals surface area contributed by atoms with Crippen LogP contribution in [0.15, 0.2) is 30.3 Å². The number of hydrogen-bond donors (Lipinski definition) is 2. The maximum Gasteiger partial charge on any atom is 0.142 e. The van der Waals surface area contributed by atoms with E-state index in [0.29, 0.717) is 5.56 Å². The standard InChI is InChI=1S/C10H10N2O/c11-10(12)9-5-3-8(4-6-9)2-1-7-13/h1-7H,(H3,11,12). The molecule has 1 aromatic rings. The first-order valence-corrected chi connectivity index (χ1v) is 3.80. The lowest BCUT2D eigenvalue weighted by Crippen LogP contribution is -2.10. The Balaban J connectivity index is 2.87. The van der Waals surface area contributed by atoms with E-state index in [1.54, 1.807) is 30.3 Å². The SMILES string of the molecule is N=C(N)c1ccc(C=CC=O)cc1. The van der Waals surface area contributed by atoms with Gasteiger partial charge in [0.15, 0.2) is 0 Å². The van der Waals surface area contributed by atoms with E-state index in [0.717, 1.165) is 11.8 Å². The lowest BCUT2D eigenvalue weighted by molar-refractivity contribution is -0.104. The Morgan fingerprint density at radius 2 is 1.92 bits per heavy atom. The van der Waals surface area contributed by atoms with E-state index >= 15 is 0 Å². The zero-order valence-electron chi connectivity index (χ0n) is 7.03. The number of carbonyl (C=O) groups is 1. The van der Waals surface area contributed by atoms with E-state index in [1.165, 1.54) is 6.08 Å². The largest absolute Gasteiger partial charge is 0.384 e. The highest BCUT2D eigenvalue weighted by atomic mass is 16.1. The second-order valence-electron chi connectivity index (χ2n) is 2.53. The van der Waals surface area contributed by atoms with Crippen LogP contribution in [0.4, 0.5) is 0 Å². The smallest absolute Gasteiger partial charge is 0.142 e. The summed E-state index contributed by atoms with van der Waals surface area (Å²) in [5, 5.41) is 7.15. The Bertz CT molecular complexity index is 338. The van der Waals surface area contributed by atoms with Crippen molar-refractivity contribution in [2.75, 3.05) is 0 Å². The summed E-state index contributed by atoms with van der Waals surface area (Å²) < 4.78 is 0. The molecule has 0 aliphatic rings. The molecule has 66 valence electrons. The first-order valence-electron chi connectivity index (χ1n) is 3.80. The van der Waals surface area contributed by atoms with Crippen LogP contribution in [0.5, 0.6) is 0 Å². The molecule has 0 spiro atoms. The Morgan fingerprint density at radius 1 is 1.31 bits per heavy atom. The number of amidine groups is 1. The van der Waals surface area contributed by atoms with Crippen LogP contribution < -0.4 is 5.73 Å². The third kappa shape index (κ3) is 2.56. The number of nitrogen functional groups attached to an aromatic ring is 1. The topological polar surface area (TPSA) is 66.9 Å². The maximum atomic E-state index is 10.0. The predicted octanol–water partition coefficient (Wildman–Crippen LogP) is 1.18. The molecule has 1 rings (SSSR count). The van der Waals surface area contributed by atoms with Gasteiger partial charge in [0.05, 0.1) is 0 Å². The molecule has 0 aliphatic heterocycles. The third-order valence-electron chi connectivity index (χ3n) is 1.59. The first kappa shape index (κ1) is 9.19. The quantitative estimate of drug-likeness (QED) is 0.313. The number of aldehydes is 1. The second kappa shape index (κ2) is 4.21. The molecular weight excluding hydrogens is 164 g/mol. The molecule has 0 fully saturated rings. The Kier molecular flexibility index (Phi) is 2.97. The minimum atomic E-state index is 0.0471. The van der Waals surface area contributed by atoms with Crippen LogP contribution in [0.1, 0.15) is 11.1 Å². The lowest BCUT2D eigenvalue weighted by atomic mass is 10.1. The highest BCUT2D eigenvalue weighted by Gasteiger charge is 1.93.